The molecule has 4 aromatic carbocycles. The highest BCUT2D eigenvalue weighted by Gasteiger charge is 2.16. The predicted octanol–water partition coefficient (Wildman–Crippen LogP) is 6.57. The van der Waals surface area contributed by atoms with Gasteiger partial charge in [-0.1, -0.05) is 72.8 Å². The Labute approximate surface area is 237 Å². The van der Waals surface area contributed by atoms with E-state index in [1.165, 1.54) is 0 Å². The molecular formula is C32H30O9. The first-order valence-corrected chi connectivity index (χ1v) is 12.3. The van der Waals surface area contributed by atoms with Crippen molar-refractivity contribution in [3.8, 4) is 0 Å². The minimum Gasteiger partial charge on any atom is -0.478 e. The molecule has 0 heterocycles. The highest BCUT2D eigenvalue weighted by molar-refractivity contribution is 5.92. The molecular weight excluding hydrogens is 528 g/mol. The van der Waals surface area contributed by atoms with Gasteiger partial charge in [-0.3, -0.25) is 4.89 Å². The van der Waals surface area contributed by atoms with Gasteiger partial charge in [0.2, 0.25) is 0 Å². The largest absolute Gasteiger partial charge is 0.478 e. The molecule has 41 heavy (non-hydrogen) atoms. The topological polar surface area (TPSA) is 125 Å². The van der Waals surface area contributed by atoms with Crippen molar-refractivity contribution in [2.24, 2.45) is 0 Å². The average Bonchev–Trinajstić information content (AvgIpc) is 3.00. The number of hydrogen-bond acceptors (Lipinski definition) is 8. The zero-order chi connectivity index (χ0) is 30.1. The zero-order valence-corrected chi connectivity index (χ0v) is 22.8. The summed E-state index contributed by atoms with van der Waals surface area (Å²) in [5, 5.41) is 8.38. The van der Waals surface area contributed by atoms with Crippen LogP contribution in [0, 0.1) is 0 Å². The van der Waals surface area contributed by atoms with Crippen molar-refractivity contribution in [3.63, 3.8) is 0 Å². The fourth-order valence-electron chi connectivity index (χ4n) is 2.69. The maximum Gasteiger partial charge on any atom is 0.386 e. The summed E-state index contributed by atoms with van der Waals surface area (Å²) >= 11 is 0. The van der Waals surface area contributed by atoms with Gasteiger partial charge in [0, 0.05) is 0 Å². The standard InChI is InChI=1S/C14H10O4.C11H14O3.C7H6O2/c15-13(11-7-3-1-4-8-11)17-18-14(16)12-9-5-2-6-10-12;1-11(2,3)14-13-10(12)9-7-5-4-6-8-9;8-7(9)6-4-2-1-3-5-6/h1-10H;4-8H,1-3H3;1-5H,(H,8,9). The second-order valence-corrected chi connectivity index (χ2v) is 9.08. The normalized spacial score (nSPS) is 9.93. The summed E-state index contributed by atoms with van der Waals surface area (Å²) in [6.07, 6.45) is 0. The summed E-state index contributed by atoms with van der Waals surface area (Å²) in [7, 11) is 0. The number of aromatic carboxylic acids is 1. The Morgan fingerprint density at radius 2 is 0.732 bits per heavy atom. The smallest absolute Gasteiger partial charge is 0.386 e. The lowest BCUT2D eigenvalue weighted by Gasteiger charge is -2.16. The molecule has 9 nitrogen and oxygen atoms in total. The molecule has 0 aliphatic rings. The maximum atomic E-state index is 11.5. The summed E-state index contributed by atoms with van der Waals surface area (Å²) in [6, 6.07) is 33.6. The lowest BCUT2D eigenvalue weighted by molar-refractivity contribution is -0.301. The number of carbonyl (C=O) groups excluding carboxylic acids is 3. The SMILES string of the molecule is CC(C)(C)OOC(=O)c1ccccc1.O=C(O)c1ccccc1.O=C(OOC(=O)c1ccccc1)c1ccccc1. The summed E-state index contributed by atoms with van der Waals surface area (Å²) < 4.78 is 0. The Morgan fingerprint density at radius 3 is 0.976 bits per heavy atom. The minimum atomic E-state index is -0.879. The lowest BCUT2D eigenvalue weighted by atomic mass is 10.2. The lowest BCUT2D eigenvalue weighted by Crippen LogP contribution is -2.21. The van der Waals surface area contributed by atoms with Gasteiger partial charge in [0.05, 0.1) is 22.3 Å². The first-order chi connectivity index (χ1) is 19.6. The Morgan fingerprint density at radius 1 is 0.463 bits per heavy atom. The summed E-state index contributed by atoms with van der Waals surface area (Å²) in [5.74, 6) is -2.77. The van der Waals surface area contributed by atoms with Crippen LogP contribution in [-0.2, 0) is 19.6 Å². The van der Waals surface area contributed by atoms with E-state index < -0.39 is 29.5 Å². The molecule has 9 heteroatoms. The number of hydrogen-bond donors (Lipinski definition) is 1. The maximum absolute atomic E-state index is 11.5. The average molecular weight is 559 g/mol. The number of carbonyl (C=O) groups is 4. The molecule has 0 saturated heterocycles. The van der Waals surface area contributed by atoms with Gasteiger partial charge in [0.15, 0.2) is 0 Å². The van der Waals surface area contributed by atoms with Gasteiger partial charge < -0.3 is 5.11 Å². The van der Waals surface area contributed by atoms with Crippen LogP contribution in [0.2, 0.25) is 0 Å². The predicted molar refractivity (Wildman–Crippen MR) is 150 cm³/mol. The Hall–Kier alpha value is -5.28. The van der Waals surface area contributed by atoms with Crippen LogP contribution >= 0.6 is 0 Å². The quantitative estimate of drug-likeness (QED) is 0.214. The molecule has 4 aromatic rings. The van der Waals surface area contributed by atoms with Crippen LogP contribution in [0.25, 0.3) is 0 Å². The van der Waals surface area contributed by atoms with E-state index in [1.54, 1.807) is 115 Å². The summed E-state index contributed by atoms with van der Waals surface area (Å²) in [6.45, 7) is 5.43. The van der Waals surface area contributed by atoms with Gasteiger partial charge >= 0.3 is 23.9 Å². The van der Waals surface area contributed by atoms with Crippen molar-refractivity contribution in [3.05, 3.63) is 144 Å². The van der Waals surface area contributed by atoms with E-state index in [0.717, 1.165) is 0 Å². The summed E-state index contributed by atoms with van der Waals surface area (Å²) in [5.41, 5.74) is 0.968. The zero-order valence-electron chi connectivity index (χ0n) is 22.8. The number of rotatable bonds is 5. The van der Waals surface area contributed by atoms with Crippen LogP contribution in [0.4, 0.5) is 0 Å². The fourth-order valence-corrected chi connectivity index (χ4v) is 2.69. The van der Waals surface area contributed by atoms with E-state index in [2.05, 4.69) is 14.7 Å². The molecule has 1 N–H and O–H groups in total. The first kappa shape index (κ1) is 31.9. The number of carboxylic acids is 1. The van der Waals surface area contributed by atoms with Crippen LogP contribution in [-0.4, -0.2) is 34.6 Å². The van der Waals surface area contributed by atoms with Crippen LogP contribution in [0.5, 0.6) is 0 Å². The van der Waals surface area contributed by atoms with E-state index in [0.29, 0.717) is 22.3 Å². The van der Waals surface area contributed by atoms with Gasteiger partial charge in [-0.15, -0.1) is 0 Å². The molecule has 0 aliphatic heterocycles. The molecule has 0 amide bonds. The number of benzene rings is 4. The van der Waals surface area contributed by atoms with E-state index in [9.17, 15) is 19.2 Å². The van der Waals surface area contributed by atoms with Gasteiger partial charge in [-0.25, -0.2) is 29.0 Å². The third-order valence-electron chi connectivity index (χ3n) is 4.61. The molecule has 0 aromatic heterocycles. The molecule has 0 unspecified atom stereocenters. The fraction of sp³-hybridized carbons (Fsp3) is 0.125. The van der Waals surface area contributed by atoms with E-state index in [-0.39, 0.29) is 0 Å². The second-order valence-electron chi connectivity index (χ2n) is 9.08. The highest BCUT2D eigenvalue weighted by Crippen LogP contribution is 2.10. The van der Waals surface area contributed by atoms with Crippen molar-refractivity contribution in [2.45, 2.75) is 26.4 Å². The Balaban J connectivity index is 0.000000228. The van der Waals surface area contributed by atoms with Crippen LogP contribution in [0.1, 0.15) is 62.2 Å². The van der Waals surface area contributed by atoms with Gasteiger partial charge in [0.25, 0.3) is 0 Å². The molecule has 0 bridgehead atoms. The van der Waals surface area contributed by atoms with Gasteiger partial charge in [-0.05, 0) is 69.3 Å². The third-order valence-corrected chi connectivity index (χ3v) is 4.61. The monoisotopic (exact) mass is 558 g/mol. The molecule has 0 spiro atoms. The van der Waals surface area contributed by atoms with Gasteiger partial charge in [-0.2, -0.15) is 4.89 Å². The van der Waals surface area contributed by atoms with E-state index in [1.807, 2.05) is 26.8 Å². The summed E-state index contributed by atoms with van der Waals surface area (Å²) in [4.78, 5) is 63.0. The Kier molecular flexibility index (Phi) is 13.0. The highest BCUT2D eigenvalue weighted by atomic mass is 17.2. The second kappa shape index (κ2) is 16.6. The van der Waals surface area contributed by atoms with Crippen molar-refractivity contribution in [2.75, 3.05) is 0 Å². The molecule has 0 saturated carbocycles. The molecule has 4 rings (SSSR count). The Bertz CT molecular complexity index is 1320. The molecule has 0 aliphatic carbocycles. The molecule has 0 fully saturated rings. The molecule has 0 radical (unpaired) electrons. The molecule has 212 valence electrons. The van der Waals surface area contributed by atoms with Crippen molar-refractivity contribution >= 4 is 23.9 Å². The third kappa shape index (κ3) is 12.9. The van der Waals surface area contributed by atoms with Crippen LogP contribution < -0.4 is 0 Å². The van der Waals surface area contributed by atoms with Gasteiger partial charge in [0.1, 0.15) is 5.60 Å². The van der Waals surface area contributed by atoms with Crippen molar-refractivity contribution in [1.29, 1.82) is 0 Å². The first-order valence-electron chi connectivity index (χ1n) is 12.3. The van der Waals surface area contributed by atoms with Crippen molar-refractivity contribution < 1.29 is 43.8 Å². The van der Waals surface area contributed by atoms with Crippen LogP contribution in [0.15, 0.2) is 121 Å². The molecule has 0 atom stereocenters. The van der Waals surface area contributed by atoms with Crippen molar-refractivity contribution in [1.82, 2.24) is 0 Å². The number of carboxylic acid groups (broad SMARTS) is 1. The van der Waals surface area contributed by atoms with E-state index in [4.69, 9.17) is 9.99 Å². The van der Waals surface area contributed by atoms with Crippen LogP contribution in [0.3, 0.4) is 0 Å². The minimum absolute atomic E-state index is 0.318. The van der Waals surface area contributed by atoms with E-state index >= 15 is 0 Å².